The molecule has 4 nitrogen and oxygen atoms in total. The second-order valence-corrected chi connectivity index (χ2v) is 18.3. The SMILES string of the molecule is C[C@]12CC[C@H]3[C@@H](CCC4CC(=NN=C5CC[C@@]6(C)C(CC[C@H]7[C@@H]8CC[C@H](O)[C@@]8(C)CC[C@@H]76)C5)CC[C@@]43C)[C@@H]1CC[C@@H]2O. The largest absolute Gasteiger partial charge is 0.393 e. The summed E-state index contributed by atoms with van der Waals surface area (Å²) in [6.45, 7) is 10.1. The third-order valence-electron chi connectivity index (χ3n) is 17.2. The first-order valence-electron chi connectivity index (χ1n) is 18.5. The van der Waals surface area contributed by atoms with Crippen molar-refractivity contribution in [1.82, 2.24) is 0 Å². The Hall–Kier alpha value is -0.740. The fourth-order valence-corrected chi connectivity index (χ4v) is 14.4. The summed E-state index contributed by atoms with van der Waals surface area (Å²) in [5.74, 6) is 6.43. The number of nitrogens with zero attached hydrogens (tertiary/aromatic N) is 2. The molecule has 8 fully saturated rings. The molecule has 8 aliphatic carbocycles. The molecular weight excluding hydrogens is 516 g/mol. The molecule has 8 saturated carbocycles. The lowest BCUT2D eigenvalue weighted by atomic mass is 9.45. The van der Waals surface area contributed by atoms with E-state index in [4.69, 9.17) is 10.2 Å². The van der Waals surface area contributed by atoms with Crippen LogP contribution in [0.2, 0.25) is 0 Å². The first-order valence-corrected chi connectivity index (χ1v) is 18.5. The van der Waals surface area contributed by atoms with Gasteiger partial charge in [-0.3, -0.25) is 0 Å². The van der Waals surface area contributed by atoms with Crippen LogP contribution in [0.25, 0.3) is 0 Å². The van der Waals surface area contributed by atoms with Crippen molar-refractivity contribution in [2.24, 2.45) is 79.2 Å². The lowest BCUT2D eigenvalue weighted by molar-refractivity contribution is -0.112. The van der Waals surface area contributed by atoms with Crippen LogP contribution in [0.4, 0.5) is 0 Å². The van der Waals surface area contributed by atoms with E-state index in [0.717, 1.165) is 73.0 Å². The number of hydrogen-bond donors (Lipinski definition) is 2. The lowest BCUT2D eigenvalue weighted by Gasteiger charge is -2.60. The standard InChI is InChI=1S/C38H60N2O2/c1-35-17-13-25(21-23(35)5-7-27-29-9-11-33(41)37(29,3)19-15-31(27)35)39-40-26-14-18-36(2)24(22-26)6-8-28-30-10-12-34(42)38(30,4)20-16-32(28)36/h23-24,27-34,41-42H,5-22H2,1-4H3/t23?,24?,27-,28-,29-,30-,31-,32-,33-,34-,35-,36-,37-,38-/m0/s1. The molecule has 42 heavy (non-hydrogen) atoms. The zero-order valence-electron chi connectivity index (χ0n) is 27.3. The molecule has 0 spiro atoms. The van der Waals surface area contributed by atoms with E-state index in [2.05, 4.69) is 27.7 Å². The van der Waals surface area contributed by atoms with Gasteiger partial charge in [-0.2, -0.15) is 10.2 Å². The van der Waals surface area contributed by atoms with Gasteiger partial charge in [-0.05, 0) is 185 Å². The van der Waals surface area contributed by atoms with Crippen molar-refractivity contribution in [3.63, 3.8) is 0 Å². The van der Waals surface area contributed by atoms with Crippen LogP contribution in [-0.4, -0.2) is 33.8 Å². The monoisotopic (exact) mass is 576 g/mol. The molecule has 2 N–H and O–H groups in total. The fourth-order valence-electron chi connectivity index (χ4n) is 14.4. The Labute approximate surface area is 256 Å². The van der Waals surface area contributed by atoms with Gasteiger partial charge < -0.3 is 10.2 Å². The molecule has 2 unspecified atom stereocenters. The quantitative estimate of drug-likeness (QED) is 0.307. The van der Waals surface area contributed by atoms with Crippen LogP contribution in [0.5, 0.6) is 0 Å². The highest BCUT2D eigenvalue weighted by atomic mass is 16.3. The number of aliphatic hydroxyl groups is 2. The molecule has 0 aromatic heterocycles. The number of hydrogen-bond acceptors (Lipinski definition) is 4. The molecular formula is C38H60N2O2. The van der Waals surface area contributed by atoms with E-state index in [0.29, 0.717) is 10.8 Å². The topological polar surface area (TPSA) is 65.2 Å². The van der Waals surface area contributed by atoms with E-state index < -0.39 is 0 Å². The van der Waals surface area contributed by atoms with Crippen molar-refractivity contribution in [3.05, 3.63) is 0 Å². The Kier molecular flexibility index (Phi) is 6.75. The smallest absolute Gasteiger partial charge is 0.0596 e. The van der Waals surface area contributed by atoms with Gasteiger partial charge in [-0.25, -0.2) is 0 Å². The number of aliphatic hydroxyl groups excluding tert-OH is 2. The lowest BCUT2D eigenvalue weighted by Crippen LogP contribution is -2.54. The molecule has 0 aromatic carbocycles. The summed E-state index contributed by atoms with van der Waals surface area (Å²) in [5.41, 5.74) is 4.08. The van der Waals surface area contributed by atoms with E-state index in [9.17, 15) is 10.2 Å². The third-order valence-corrected chi connectivity index (χ3v) is 17.2. The van der Waals surface area contributed by atoms with Crippen molar-refractivity contribution in [2.45, 2.75) is 155 Å². The van der Waals surface area contributed by atoms with Crippen LogP contribution in [0.3, 0.4) is 0 Å². The Balaban J connectivity index is 0.928. The van der Waals surface area contributed by atoms with Crippen molar-refractivity contribution in [3.8, 4) is 0 Å². The van der Waals surface area contributed by atoms with Gasteiger partial charge in [0.05, 0.1) is 12.2 Å². The maximum atomic E-state index is 10.8. The number of fused-ring (bicyclic) bond motifs is 10. The Bertz CT molecular complexity index is 1060. The summed E-state index contributed by atoms with van der Waals surface area (Å²) < 4.78 is 0. The van der Waals surface area contributed by atoms with Crippen LogP contribution < -0.4 is 0 Å². The molecule has 0 amide bonds. The van der Waals surface area contributed by atoms with E-state index in [-0.39, 0.29) is 23.0 Å². The Morgan fingerprint density at radius 1 is 0.476 bits per heavy atom. The van der Waals surface area contributed by atoms with Crippen LogP contribution in [0.1, 0.15) is 143 Å². The van der Waals surface area contributed by atoms with Crippen LogP contribution in [0.15, 0.2) is 10.2 Å². The van der Waals surface area contributed by atoms with Gasteiger partial charge in [0.25, 0.3) is 0 Å². The highest BCUT2D eigenvalue weighted by molar-refractivity contribution is 5.89. The first-order chi connectivity index (χ1) is 20.1. The molecule has 0 aromatic rings. The average Bonchev–Trinajstić information content (AvgIpc) is 3.46. The second-order valence-electron chi connectivity index (χ2n) is 18.3. The van der Waals surface area contributed by atoms with E-state index in [1.807, 2.05) is 0 Å². The Morgan fingerprint density at radius 3 is 1.31 bits per heavy atom. The van der Waals surface area contributed by atoms with Gasteiger partial charge in [0, 0.05) is 11.4 Å². The van der Waals surface area contributed by atoms with Crippen molar-refractivity contribution in [2.75, 3.05) is 0 Å². The highest BCUT2D eigenvalue weighted by Crippen LogP contribution is 2.67. The van der Waals surface area contributed by atoms with E-state index >= 15 is 0 Å². The highest BCUT2D eigenvalue weighted by Gasteiger charge is 2.61. The predicted molar refractivity (Wildman–Crippen MR) is 170 cm³/mol. The van der Waals surface area contributed by atoms with Crippen molar-refractivity contribution >= 4 is 11.4 Å². The van der Waals surface area contributed by atoms with Gasteiger partial charge in [0.1, 0.15) is 0 Å². The van der Waals surface area contributed by atoms with Crippen LogP contribution >= 0.6 is 0 Å². The minimum Gasteiger partial charge on any atom is -0.393 e. The molecule has 0 radical (unpaired) electrons. The van der Waals surface area contributed by atoms with Gasteiger partial charge in [-0.15, -0.1) is 0 Å². The first kappa shape index (κ1) is 28.7. The molecule has 0 aliphatic heterocycles. The minimum atomic E-state index is -0.0642. The van der Waals surface area contributed by atoms with Gasteiger partial charge >= 0.3 is 0 Å². The minimum absolute atomic E-state index is 0.0642. The van der Waals surface area contributed by atoms with Crippen molar-refractivity contribution in [1.29, 1.82) is 0 Å². The van der Waals surface area contributed by atoms with Gasteiger partial charge in [0.2, 0.25) is 0 Å². The maximum Gasteiger partial charge on any atom is 0.0596 e. The predicted octanol–water partition coefficient (Wildman–Crippen LogP) is 8.59. The molecule has 234 valence electrons. The second kappa shape index (κ2) is 9.88. The molecule has 8 aliphatic rings. The van der Waals surface area contributed by atoms with Gasteiger partial charge in [-0.1, -0.05) is 27.7 Å². The maximum absolute atomic E-state index is 10.8. The van der Waals surface area contributed by atoms with Crippen LogP contribution in [-0.2, 0) is 0 Å². The fraction of sp³-hybridized carbons (Fsp3) is 0.947. The summed E-state index contributed by atoms with van der Waals surface area (Å²) in [6, 6.07) is 0. The molecule has 14 atom stereocenters. The van der Waals surface area contributed by atoms with E-state index in [1.165, 1.54) is 101 Å². The number of rotatable bonds is 1. The summed E-state index contributed by atoms with van der Waals surface area (Å²) in [7, 11) is 0. The van der Waals surface area contributed by atoms with Gasteiger partial charge in [0.15, 0.2) is 0 Å². The van der Waals surface area contributed by atoms with Crippen LogP contribution in [0, 0.1) is 69.0 Å². The molecule has 0 saturated heterocycles. The molecule has 8 rings (SSSR count). The third kappa shape index (κ3) is 3.97. The Morgan fingerprint density at radius 2 is 0.881 bits per heavy atom. The molecule has 4 heteroatoms. The normalized spacial score (nSPS) is 58.9. The summed E-state index contributed by atoms with van der Waals surface area (Å²) in [6.07, 6.45) is 22.3. The summed E-state index contributed by atoms with van der Waals surface area (Å²) >= 11 is 0. The zero-order valence-corrected chi connectivity index (χ0v) is 27.3. The van der Waals surface area contributed by atoms with E-state index in [1.54, 1.807) is 0 Å². The molecule has 0 bridgehead atoms. The summed E-state index contributed by atoms with van der Waals surface area (Å²) in [4.78, 5) is 0. The van der Waals surface area contributed by atoms with Crippen molar-refractivity contribution < 1.29 is 10.2 Å². The average molecular weight is 577 g/mol. The molecule has 0 heterocycles. The summed E-state index contributed by atoms with van der Waals surface area (Å²) in [5, 5.41) is 31.7. The zero-order chi connectivity index (χ0) is 29.1.